The van der Waals surface area contributed by atoms with Gasteiger partial charge in [-0.1, -0.05) is 53.8 Å². The zero-order valence-corrected chi connectivity index (χ0v) is 21.4. The molecule has 1 aromatic carbocycles. The molecule has 0 radical (unpaired) electrons. The van der Waals surface area contributed by atoms with Crippen molar-refractivity contribution in [3.8, 4) is 6.07 Å². The summed E-state index contributed by atoms with van der Waals surface area (Å²) in [5.74, 6) is 0.574. The van der Waals surface area contributed by atoms with Crippen molar-refractivity contribution in [2.75, 3.05) is 38.1 Å². The maximum absolute atomic E-state index is 13.3. The molecule has 0 bridgehead atoms. The number of nitriles is 1. The Morgan fingerprint density at radius 2 is 1.74 bits per heavy atom. The number of carbonyl (C=O) groups is 1. The summed E-state index contributed by atoms with van der Waals surface area (Å²) >= 11 is 6.80. The summed E-state index contributed by atoms with van der Waals surface area (Å²) in [5, 5.41) is 9.66. The molecule has 1 amide bonds. The van der Waals surface area contributed by atoms with Gasteiger partial charge in [0.2, 0.25) is 0 Å². The summed E-state index contributed by atoms with van der Waals surface area (Å²) in [4.78, 5) is 32.8. The number of benzene rings is 1. The van der Waals surface area contributed by atoms with Gasteiger partial charge in [0.05, 0.1) is 11.4 Å². The van der Waals surface area contributed by atoms with Gasteiger partial charge < -0.3 is 9.80 Å². The molecule has 0 unspecified atom stereocenters. The third-order valence-electron chi connectivity index (χ3n) is 6.38. The van der Waals surface area contributed by atoms with Gasteiger partial charge >= 0.3 is 0 Å². The van der Waals surface area contributed by atoms with E-state index in [0.717, 1.165) is 48.7 Å². The van der Waals surface area contributed by atoms with Crippen molar-refractivity contribution in [3.63, 3.8) is 0 Å². The first-order chi connectivity index (χ1) is 16.2. The van der Waals surface area contributed by atoms with Gasteiger partial charge in [0.25, 0.3) is 11.5 Å². The lowest BCUT2D eigenvalue weighted by atomic mass is 10.0. The predicted molar refractivity (Wildman–Crippen MR) is 141 cm³/mol. The Morgan fingerprint density at radius 3 is 2.35 bits per heavy atom. The van der Waals surface area contributed by atoms with Gasteiger partial charge in [0, 0.05) is 38.8 Å². The van der Waals surface area contributed by atoms with E-state index < -0.39 is 0 Å². The number of aromatic nitrogens is 1. The number of pyridine rings is 1. The topological polar surface area (TPSA) is 72.6 Å². The summed E-state index contributed by atoms with van der Waals surface area (Å²) in [5.41, 5.74) is 3.25. The Morgan fingerprint density at radius 1 is 1.09 bits per heavy atom. The molecule has 3 heterocycles. The fourth-order valence-electron chi connectivity index (χ4n) is 4.26. The lowest BCUT2D eigenvalue weighted by molar-refractivity contribution is -0.122. The predicted octanol–water partition coefficient (Wildman–Crippen LogP) is 3.03. The van der Waals surface area contributed by atoms with E-state index in [-0.39, 0.29) is 17.0 Å². The van der Waals surface area contributed by atoms with E-state index >= 15 is 0 Å². The minimum Gasteiger partial charge on any atom is -0.355 e. The van der Waals surface area contributed by atoms with Gasteiger partial charge in [-0.3, -0.25) is 19.1 Å². The van der Waals surface area contributed by atoms with Crippen molar-refractivity contribution in [3.05, 3.63) is 67.3 Å². The summed E-state index contributed by atoms with van der Waals surface area (Å²) in [6, 6.07) is 10.1. The Balaban J connectivity index is 1.75. The minimum absolute atomic E-state index is 0.0989. The molecule has 2 aliphatic rings. The number of aryl methyl sites for hydroxylation is 1. The first kappa shape index (κ1) is 24.2. The molecule has 2 aliphatic heterocycles. The van der Waals surface area contributed by atoms with E-state index in [1.807, 2.05) is 31.2 Å². The molecular weight excluding hydrogens is 466 g/mol. The molecule has 0 N–H and O–H groups in total. The van der Waals surface area contributed by atoms with Crippen LogP contribution in [0.5, 0.6) is 0 Å². The van der Waals surface area contributed by atoms with E-state index in [9.17, 15) is 14.9 Å². The molecule has 0 atom stereocenters. The van der Waals surface area contributed by atoms with Crippen molar-refractivity contribution in [2.24, 2.45) is 7.05 Å². The van der Waals surface area contributed by atoms with E-state index in [1.54, 1.807) is 24.9 Å². The summed E-state index contributed by atoms with van der Waals surface area (Å²) in [6.45, 7) is 7.45. The van der Waals surface area contributed by atoms with E-state index in [2.05, 4.69) is 22.9 Å². The maximum Gasteiger partial charge on any atom is 0.270 e. The Bertz CT molecular complexity index is 1280. The molecule has 0 aliphatic carbocycles. The monoisotopic (exact) mass is 493 g/mol. The van der Waals surface area contributed by atoms with E-state index in [1.165, 1.54) is 16.3 Å². The number of likely N-dealkylation sites (N-methyl/N-ethyl adjacent to an activating group) is 1. The smallest absolute Gasteiger partial charge is 0.270 e. The van der Waals surface area contributed by atoms with Crippen molar-refractivity contribution in [1.82, 2.24) is 14.4 Å². The van der Waals surface area contributed by atoms with Gasteiger partial charge in [-0.25, -0.2) is 0 Å². The normalized spacial score (nSPS) is 18.1. The first-order valence-corrected chi connectivity index (χ1v) is 12.3. The summed E-state index contributed by atoms with van der Waals surface area (Å²) < 4.78 is 2.04. The lowest BCUT2D eigenvalue weighted by Gasteiger charge is -2.36. The maximum atomic E-state index is 13.3. The lowest BCUT2D eigenvalue weighted by Crippen LogP contribution is -2.46. The molecule has 0 saturated carbocycles. The molecule has 34 heavy (non-hydrogen) atoms. The van der Waals surface area contributed by atoms with Crippen LogP contribution in [0.25, 0.3) is 6.08 Å². The van der Waals surface area contributed by atoms with Crippen molar-refractivity contribution in [1.29, 1.82) is 5.26 Å². The van der Waals surface area contributed by atoms with Gasteiger partial charge in [0.15, 0.2) is 0 Å². The minimum atomic E-state index is -0.321. The fraction of sp³-hybridized carbons (Fsp3) is 0.360. The van der Waals surface area contributed by atoms with Crippen LogP contribution in [-0.4, -0.2) is 57.8 Å². The van der Waals surface area contributed by atoms with Crippen LogP contribution in [0.2, 0.25) is 0 Å². The number of piperazine rings is 1. The molecule has 4 rings (SSSR count). The number of thioether (sulfide) groups is 1. The number of hydrogen-bond donors (Lipinski definition) is 0. The molecule has 1 aromatic heterocycles. The summed E-state index contributed by atoms with van der Waals surface area (Å²) in [7, 11) is 3.76. The van der Waals surface area contributed by atoms with Crippen molar-refractivity contribution < 1.29 is 4.79 Å². The van der Waals surface area contributed by atoms with Crippen LogP contribution < -0.4 is 10.5 Å². The number of amides is 1. The number of anilines is 1. The quantitative estimate of drug-likeness (QED) is 0.479. The molecule has 0 spiro atoms. The molecule has 7 nitrogen and oxygen atoms in total. The highest BCUT2D eigenvalue weighted by molar-refractivity contribution is 8.26. The number of hydrogen-bond acceptors (Lipinski definition) is 7. The second kappa shape index (κ2) is 9.74. The van der Waals surface area contributed by atoms with E-state index in [4.69, 9.17) is 12.2 Å². The standard InChI is InChI=1S/C25H27N5O2S2/c1-16-5-7-18(8-6-16)15-30-24(32)21(34-25(30)33)13-19-17(2)20(14-26)23(31)28(4)22(19)29-11-9-27(3)10-12-29/h5-8,13H,9-12,15H2,1-4H3/b21-13-. The highest BCUT2D eigenvalue weighted by Crippen LogP contribution is 2.36. The molecule has 2 fully saturated rings. The molecule has 9 heteroatoms. The number of thiocarbonyl (C=S) groups is 1. The SMILES string of the molecule is Cc1ccc(CN2C(=O)/C(=C/c3c(C)c(C#N)c(=O)n(C)c3N3CCN(C)CC3)SC2=S)cc1. The van der Waals surface area contributed by atoms with Gasteiger partial charge in [-0.2, -0.15) is 5.26 Å². The highest BCUT2D eigenvalue weighted by atomic mass is 32.2. The Labute approximate surface area is 209 Å². The van der Waals surface area contributed by atoms with Crippen LogP contribution in [0.15, 0.2) is 34.0 Å². The van der Waals surface area contributed by atoms with Crippen LogP contribution in [0.3, 0.4) is 0 Å². The molecule has 176 valence electrons. The number of nitrogens with zero attached hydrogens (tertiary/aromatic N) is 5. The van der Waals surface area contributed by atoms with Gasteiger partial charge in [0.1, 0.15) is 21.8 Å². The van der Waals surface area contributed by atoms with Crippen LogP contribution >= 0.6 is 24.0 Å². The zero-order valence-electron chi connectivity index (χ0n) is 19.8. The Kier molecular flexibility index (Phi) is 6.94. The third-order valence-corrected chi connectivity index (χ3v) is 7.76. The second-order valence-electron chi connectivity index (χ2n) is 8.76. The van der Waals surface area contributed by atoms with Crippen molar-refractivity contribution >= 4 is 46.1 Å². The first-order valence-electron chi connectivity index (χ1n) is 11.1. The van der Waals surface area contributed by atoms with Crippen LogP contribution in [-0.2, 0) is 18.4 Å². The fourth-order valence-corrected chi connectivity index (χ4v) is 5.49. The number of rotatable bonds is 4. The zero-order chi connectivity index (χ0) is 24.6. The largest absolute Gasteiger partial charge is 0.355 e. The van der Waals surface area contributed by atoms with Crippen LogP contribution in [0.4, 0.5) is 5.82 Å². The molecular formula is C25H27N5O2S2. The Hall–Kier alpha value is -2.93. The molecule has 2 aromatic rings. The van der Waals surface area contributed by atoms with Gasteiger partial charge in [-0.15, -0.1) is 0 Å². The van der Waals surface area contributed by atoms with Gasteiger partial charge in [-0.05, 0) is 38.1 Å². The van der Waals surface area contributed by atoms with Crippen LogP contribution in [0, 0.1) is 25.2 Å². The van der Waals surface area contributed by atoms with E-state index in [0.29, 0.717) is 21.3 Å². The second-order valence-corrected chi connectivity index (χ2v) is 10.4. The average Bonchev–Trinajstić information content (AvgIpc) is 3.07. The average molecular weight is 494 g/mol. The summed E-state index contributed by atoms with van der Waals surface area (Å²) in [6.07, 6.45) is 1.80. The molecule has 2 saturated heterocycles. The highest BCUT2D eigenvalue weighted by Gasteiger charge is 2.33. The van der Waals surface area contributed by atoms with Crippen molar-refractivity contribution in [2.45, 2.75) is 20.4 Å². The number of carbonyl (C=O) groups excluding carboxylic acids is 1. The van der Waals surface area contributed by atoms with Crippen LogP contribution in [0.1, 0.15) is 27.8 Å². The third kappa shape index (κ3) is 4.53.